The van der Waals surface area contributed by atoms with Gasteiger partial charge >= 0.3 is 11.9 Å². The number of carboxylic acids is 1. The zero-order valence-electron chi connectivity index (χ0n) is 38.3. The van der Waals surface area contributed by atoms with Crippen LogP contribution in [0.1, 0.15) is 49.4 Å². The first kappa shape index (κ1) is 61.7. The summed E-state index contributed by atoms with van der Waals surface area (Å²) in [6.07, 6.45) is -3.06. The van der Waals surface area contributed by atoms with E-state index in [0.717, 1.165) is 19.1 Å². The van der Waals surface area contributed by atoms with Gasteiger partial charge in [0.15, 0.2) is 50.1 Å². The molecule has 0 spiro atoms. The fourth-order valence-electron chi connectivity index (χ4n) is 7.51. The summed E-state index contributed by atoms with van der Waals surface area (Å²) in [7, 11) is -27.9. The number of hydroxylamine groups is 2. The molecule has 0 aromatic heterocycles. The summed E-state index contributed by atoms with van der Waals surface area (Å²) in [5, 5.41) is 21.1. The molecule has 3 heterocycles. The van der Waals surface area contributed by atoms with Crippen LogP contribution >= 0.6 is 23.2 Å². The molecule has 2 bridgehead atoms. The number of aromatic hydroxyl groups is 1. The van der Waals surface area contributed by atoms with Crippen molar-refractivity contribution in [1.29, 1.82) is 0 Å². The lowest BCUT2D eigenvalue weighted by molar-refractivity contribution is -0.195. The summed E-state index contributed by atoms with van der Waals surface area (Å²) in [5.74, 6) is -23.9. The highest BCUT2D eigenvalue weighted by Crippen LogP contribution is 2.50. The van der Waals surface area contributed by atoms with E-state index >= 15 is 8.78 Å². The lowest BCUT2D eigenvalue weighted by atomic mass is 9.90. The van der Waals surface area contributed by atoms with Gasteiger partial charge in [0, 0.05) is 66.3 Å². The molecule has 1 fully saturated rings. The van der Waals surface area contributed by atoms with Crippen LogP contribution in [0.5, 0.6) is 5.75 Å². The zero-order valence-corrected chi connectivity index (χ0v) is 43.9. The second kappa shape index (κ2) is 23.0. The second-order valence-corrected chi connectivity index (χ2v) is 25.0. The zero-order chi connectivity index (χ0) is 58.2. The number of imide groups is 1. The first-order chi connectivity index (χ1) is 35.2. The highest BCUT2D eigenvalue weighted by atomic mass is 35.5. The van der Waals surface area contributed by atoms with E-state index < -0.39 is 234 Å². The molecule has 1 aliphatic carbocycles. The highest BCUT2D eigenvalue weighted by molar-refractivity contribution is 7.90. The summed E-state index contributed by atoms with van der Waals surface area (Å²) < 4.78 is 198. The predicted octanol–water partition coefficient (Wildman–Crippen LogP) is 0.179. The van der Waals surface area contributed by atoms with Crippen LogP contribution < -0.4 is 20.2 Å². The first-order valence-corrected chi connectivity index (χ1v) is 29.4. The maximum Gasteiger partial charge on any atom is 0.337 e. The largest absolute Gasteiger partial charge is 0.504 e. The number of nitrogens with zero attached hydrogens (tertiary/aromatic N) is 1. The van der Waals surface area contributed by atoms with Crippen LogP contribution in [0.15, 0.2) is 43.3 Å². The minimum absolute atomic E-state index is 0.131. The molecule has 0 saturated carbocycles. The second-order valence-electron chi connectivity index (χ2n) is 16.3. The summed E-state index contributed by atoms with van der Waals surface area (Å²) in [6.45, 7) is 0.204. The Kier molecular flexibility index (Phi) is 18.4. The molecule has 38 heteroatoms. The number of carboxylic acid groups (broad SMARTS) is 1. The number of hydrogen-bond donors (Lipinski definition) is 8. The van der Waals surface area contributed by atoms with E-state index in [9.17, 15) is 104 Å². The van der Waals surface area contributed by atoms with Crippen molar-refractivity contribution >= 4 is 126 Å². The van der Waals surface area contributed by atoms with Gasteiger partial charge in [-0.25, -0.2) is 39.9 Å². The first-order valence-electron chi connectivity index (χ1n) is 20.9. The molecule has 2 aromatic carbocycles. The number of Topliss-reactive ketones (excluding diaryl/α,β-unsaturated/α-hetero) is 2. The van der Waals surface area contributed by atoms with Gasteiger partial charge in [-0.2, -0.15) is 30.0 Å². The average Bonchev–Trinajstić information content (AvgIpc) is 3.58. The minimum atomic E-state index is -6.16. The standard InChI is InChI=1S/C33H29Cl2F2N3O21S5.C6H7NO4/c34-15-3-4-16(35)25(33(46)47)24(15)23-13-7-17(36)26(43)30-28(13)61-29-14(23)8-18(37)27(44)31(29)66(59,60)40-20(11-64(54,55)56)22(42)6-12(9-62(48,49)50)32(45)39-19(10-63(51,52)53)21(41)2-1-5-38-65(30,57)58;1-4(8)11-7-5(9)2-3-6(7)10/h3-4,7-8,12,19-20,38,40,43H,1-2,5-6,9-11H2,(H,39,45)(H,46,47)(H,48,49,50)(H,51,52,53)(H,54,55,56);2-3H2,1H3. The normalized spacial score (nSPS) is 20.0. The molecule has 29 nitrogen and oxygen atoms in total. The SMILES string of the molecule is CC(=O)ON1C(=O)CCC1=O.O=C(O)c1c(Cl)ccc(Cl)c1-c1c2cc(F)c(=O)c3c-2oc2c(c(O)c(F)cc12)S(=O)(=O)NCCCC(=O)C(CS(=O)(=O)O)NC(=O)C(CS(=O)(=O)O)CC(=O)C(CS(=O)(=O)O)NS3(=O)=O. The molecule has 77 heavy (non-hydrogen) atoms. The van der Waals surface area contributed by atoms with Crippen LogP contribution in [0.25, 0.3) is 33.4 Å². The lowest BCUT2D eigenvalue weighted by Crippen LogP contribution is -2.51. The van der Waals surface area contributed by atoms with Gasteiger partial charge in [0.1, 0.15) is 11.8 Å². The smallest absolute Gasteiger partial charge is 0.337 e. The Hall–Kier alpha value is -6.19. The van der Waals surface area contributed by atoms with E-state index in [1.165, 1.54) is 4.72 Å². The van der Waals surface area contributed by atoms with Crippen molar-refractivity contribution in [3.05, 3.63) is 61.7 Å². The maximum atomic E-state index is 15.9. The molecule has 3 amide bonds. The number of nitrogens with one attached hydrogen (secondary N) is 3. The number of amides is 3. The monoisotopic (exact) mass is 1230 g/mol. The van der Waals surface area contributed by atoms with E-state index in [1.807, 2.05) is 4.72 Å². The van der Waals surface area contributed by atoms with Gasteiger partial charge in [-0.3, -0.25) is 42.4 Å². The molecule has 6 rings (SSSR count). The maximum absolute atomic E-state index is 15.9. The number of ketones is 2. The Balaban J connectivity index is 0.000000882. The Morgan fingerprint density at radius 1 is 0.779 bits per heavy atom. The van der Waals surface area contributed by atoms with Gasteiger partial charge in [-0.1, -0.05) is 23.2 Å². The van der Waals surface area contributed by atoms with Crippen molar-refractivity contribution < 1.29 is 118 Å². The lowest BCUT2D eigenvalue weighted by Gasteiger charge is -2.24. The summed E-state index contributed by atoms with van der Waals surface area (Å²) in [5.41, 5.74) is -7.53. The molecule has 8 N–H and O–H groups in total. The Labute approximate surface area is 441 Å². The fourth-order valence-corrected chi connectivity index (χ4v) is 13.0. The van der Waals surface area contributed by atoms with Gasteiger partial charge in [0.05, 0.1) is 34.1 Å². The number of rotatable bonds is 9. The molecule has 3 unspecified atom stereocenters. The molecule has 4 aliphatic rings. The van der Waals surface area contributed by atoms with E-state index in [2.05, 4.69) is 4.84 Å². The average molecular weight is 1230 g/mol. The number of halogens is 4. The van der Waals surface area contributed by atoms with Crippen molar-refractivity contribution in [2.24, 2.45) is 5.92 Å². The molecular formula is C39H36Cl2F2N4O25S5. The molecule has 0 radical (unpaired) electrons. The van der Waals surface area contributed by atoms with Crippen LogP contribution in [0.2, 0.25) is 10.0 Å². The molecule has 2 aromatic rings. The summed E-state index contributed by atoms with van der Waals surface area (Å²) >= 11 is 12.6. The number of phenols is 1. The number of sulfonamides is 2. The molecule has 420 valence electrons. The third-order valence-electron chi connectivity index (χ3n) is 10.6. The molecule has 3 atom stereocenters. The Bertz CT molecular complexity index is 3800. The topological polar surface area (TPSA) is 470 Å². The van der Waals surface area contributed by atoms with Crippen LogP contribution in [0.4, 0.5) is 8.78 Å². The quantitative estimate of drug-likeness (QED) is 0.0629. The molecule has 3 aliphatic heterocycles. The van der Waals surface area contributed by atoms with Crippen LogP contribution in [-0.2, 0) is 84.0 Å². The van der Waals surface area contributed by atoms with E-state index in [-0.39, 0.29) is 25.0 Å². The number of carbonyl (C=O) groups is 7. The highest BCUT2D eigenvalue weighted by Gasteiger charge is 2.41. The third kappa shape index (κ3) is 14.7. The fraction of sp³-hybridized carbons (Fsp3) is 0.333. The van der Waals surface area contributed by atoms with Gasteiger partial charge in [0.2, 0.25) is 31.4 Å². The van der Waals surface area contributed by atoms with Crippen molar-refractivity contribution in [3.63, 3.8) is 0 Å². The van der Waals surface area contributed by atoms with Gasteiger partial charge in [-0.05, 0) is 30.7 Å². The van der Waals surface area contributed by atoms with E-state index in [4.69, 9.17) is 27.6 Å². The summed E-state index contributed by atoms with van der Waals surface area (Å²) in [6, 6.07) is -3.04. The Morgan fingerprint density at radius 2 is 1.34 bits per heavy atom. The summed E-state index contributed by atoms with van der Waals surface area (Å²) in [4.78, 5) is 99.1. The van der Waals surface area contributed by atoms with Crippen LogP contribution in [-0.4, -0.2) is 148 Å². The van der Waals surface area contributed by atoms with Gasteiger partial charge in [0.25, 0.3) is 42.2 Å². The molecular weight excluding hydrogens is 1190 g/mol. The van der Waals surface area contributed by atoms with Crippen molar-refractivity contribution in [3.8, 4) is 28.2 Å². The van der Waals surface area contributed by atoms with Crippen LogP contribution in [0, 0.1) is 17.6 Å². The van der Waals surface area contributed by atoms with Gasteiger partial charge < -0.3 is 24.8 Å². The van der Waals surface area contributed by atoms with Gasteiger partial charge in [-0.15, -0.1) is 5.06 Å². The van der Waals surface area contributed by atoms with Crippen molar-refractivity contribution in [1.82, 2.24) is 19.8 Å². The number of phenolic OH excluding ortho intramolecular Hbond substituents is 1. The predicted molar refractivity (Wildman–Crippen MR) is 254 cm³/mol. The number of hydrogen-bond acceptors (Lipinski definition) is 21. The van der Waals surface area contributed by atoms with Crippen molar-refractivity contribution in [2.75, 3.05) is 23.8 Å². The van der Waals surface area contributed by atoms with Crippen LogP contribution in [0.3, 0.4) is 0 Å². The van der Waals surface area contributed by atoms with E-state index in [1.54, 1.807) is 5.32 Å². The Morgan fingerprint density at radius 3 is 1.88 bits per heavy atom. The van der Waals surface area contributed by atoms with E-state index in [0.29, 0.717) is 5.06 Å². The number of carbonyl (C=O) groups excluding carboxylic acids is 6. The minimum Gasteiger partial charge on any atom is -0.504 e. The number of aromatic carboxylic acids is 1. The van der Waals surface area contributed by atoms with Crippen molar-refractivity contribution in [2.45, 2.75) is 60.9 Å². The molecule has 1 saturated heterocycles. The number of benzene rings is 3. The third-order valence-corrected chi connectivity index (χ3v) is 16.6.